The highest BCUT2D eigenvalue weighted by atomic mass is 16.2. The van der Waals surface area contributed by atoms with E-state index >= 15 is 0 Å². The van der Waals surface area contributed by atoms with Gasteiger partial charge in [-0.2, -0.15) is 0 Å². The second kappa shape index (κ2) is 2.05. The van der Waals surface area contributed by atoms with Gasteiger partial charge < -0.3 is 4.90 Å². The number of carbonyl (C=O) groups is 2. The fourth-order valence-corrected chi connectivity index (χ4v) is 0.618. The summed E-state index contributed by atoms with van der Waals surface area (Å²) in [5.74, 6) is -0.299. The minimum atomic E-state index is -0.211. The molecule has 4 nitrogen and oxygen atoms in total. The van der Waals surface area contributed by atoms with E-state index in [0.29, 0.717) is 0 Å². The van der Waals surface area contributed by atoms with Crippen LogP contribution in [0.3, 0.4) is 0 Å². The van der Waals surface area contributed by atoms with Crippen molar-refractivity contribution in [3.63, 3.8) is 0 Å². The Morgan fingerprint density at radius 3 is 2.67 bits per heavy atom. The summed E-state index contributed by atoms with van der Waals surface area (Å²) in [4.78, 5) is 22.4. The molecule has 0 spiro atoms. The molecule has 0 aromatic heterocycles. The molecule has 1 rings (SSSR count). The Morgan fingerprint density at radius 1 is 1.56 bits per heavy atom. The van der Waals surface area contributed by atoms with Crippen LogP contribution in [0.2, 0.25) is 0 Å². The van der Waals surface area contributed by atoms with Crippen molar-refractivity contribution in [3.05, 3.63) is 0 Å². The molecule has 1 aliphatic rings. The number of nitrogens with zero attached hydrogens (tertiary/aromatic N) is 2. The van der Waals surface area contributed by atoms with Crippen molar-refractivity contribution in [2.75, 3.05) is 20.1 Å². The number of rotatable bonds is 0. The predicted molar refractivity (Wildman–Crippen MR) is 29.6 cm³/mol. The normalized spacial score (nSPS) is 19.9. The number of hydrogen-bond acceptors (Lipinski definition) is 2. The van der Waals surface area contributed by atoms with E-state index in [0.717, 1.165) is 0 Å². The van der Waals surface area contributed by atoms with Crippen molar-refractivity contribution in [1.29, 1.82) is 0 Å². The predicted octanol–water partition coefficient (Wildman–Crippen LogP) is -1.41. The van der Waals surface area contributed by atoms with Crippen molar-refractivity contribution in [2.24, 2.45) is 0 Å². The Hall–Kier alpha value is -1.06. The van der Waals surface area contributed by atoms with E-state index in [1.807, 2.05) is 0 Å². The van der Waals surface area contributed by atoms with Crippen LogP contribution < -0.4 is 5.32 Å². The molecule has 1 aliphatic heterocycles. The highest BCUT2D eigenvalue weighted by Crippen LogP contribution is 1.90. The van der Waals surface area contributed by atoms with Crippen LogP contribution >= 0.6 is 0 Å². The minimum absolute atomic E-state index is 0.0231. The summed E-state index contributed by atoms with van der Waals surface area (Å²) in [5, 5.41) is 3.43. The molecule has 1 fully saturated rings. The van der Waals surface area contributed by atoms with Gasteiger partial charge in [0.2, 0.25) is 5.91 Å². The van der Waals surface area contributed by atoms with Crippen LogP contribution in [-0.2, 0) is 9.59 Å². The van der Waals surface area contributed by atoms with Gasteiger partial charge in [0.1, 0.15) is 13.1 Å². The van der Waals surface area contributed by atoms with Gasteiger partial charge in [-0.05, 0) is 0 Å². The molecule has 9 heavy (non-hydrogen) atoms. The first-order valence-corrected chi connectivity index (χ1v) is 2.64. The zero-order valence-corrected chi connectivity index (χ0v) is 5.13. The summed E-state index contributed by atoms with van der Waals surface area (Å²) in [6.07, 6.45) is 0. The SMILES string of the molecule is CN1CC(=O)[N]CC1=O. The maximum atomic E-state index is 10.6. The van der Waals surface area contributed by atoms with Gasteiger partial charge in [0.25, 0.3) is 5.91 Å². The van der Waals surface area contributed by atoms with Crippen LogP contribution in [0.5, 0.6) is 0 Å². The Balaban J connectivity index is 2.54. The lowest BCUT2D eigenvalue weighted by atomic mass is 10.4. The lowest BCUT2D eigenvalue weighted by Gasteiger charge is -2.19. The summed E-state index contributed by atoms with van der Waals surface area (Å²) in [6.45, 7) is 0.161. The third-order valence-corrected chi connectivity index (χ3v) is 1.19. The van der Waals surface area contributed by atoms with E-state index in [1.54, 1.807) is 7.05 Å². The maximum absolute atomic E-state index is 10.6. The summed E-state index contributed by atoms with van der Waals surface area (Å²) in [6, 6.07) is 0. The first-order chi connectivity index (χ1) is 4.20. The molecule has 0 aromatic carbocycles. The van der Waals surface area contributed by atoms with Gasteiger partial charge in [-0.25, -0.2) is 5.32 Å². The zero-order chi connectivity index (χ0) is 6.85. The average molecular weight is 127 g/mol. The minimum Gasteiger partial charge on any atom is -0.335 e. The highest BCUT2D eigenvalue weighted by molar-refractivity contribution is 5.91. The standard InChI is InChI=1S/C5H7N2O2/c1-7-3-4(8)6-2-5(7)9/h2-3H2,1H3. The Kier molecular flexibility index (Phi) is 1.38. The molecule has 0 N–H and O–H groups in total. The van der Waals surface area contributed by atoms with E-state index in [9.17, 15) is 9.59 Å². The van der Waals surface area contributed by atoms with Gasteiger partial charge in [0.05, 0.1) is 0 Å². The topological polar surface area (TPSA) is 51.5 Å². The van der Waals surface area contributed by atoms with Crippen molar-refractivity contribution in [3.8, 4) is 0 Å². The zero-order valence-electron chi connectivity index (χ0n) is 5.13. The molecule has 0 unspecified atom stereocenters. The van der Waals surface area contributed by atoms with E-state index in [-0.39, 0.29) is 24.9 Å². The monoisotopic (exact) mass is 127 g/mol. The number of likely N-dealkylation sites (N-methyl/N-ethyl adjacent to an activating group) is 1. The second-order valence-electron chi connectivity index (χ2n) is 1.96. The molecule has 1 heterocycles. The van der Waals surface area contributed by atoms with Crippen LogP contribution in [0.4, 0.5) is 0 Å². The molecular formula is C5H7N2O2. The second-order valence-corrected chi connectivity index (χ2v) is 1.96. The molecule has 0 bridgehead atoms. The van der Waals surface area contributed by atoms with Crippen LogP contribution in [0.1, 0.15) is 0 Å². The fourth-order valence-electron chi connectivity index (χ4n) is 0.618. The van der Waals surface area contributed by atoms with Crippen molar-refractivity contribution in [1.82, 2.24) is 10.2 Å². The molecule has 1 saturated heterocycles. The van der Waals surface area contributed by atoms with Crippen LogP contribution in [0.25, 0.3) is 0 Å². The van der Waals surface area contributed by atoms with Gasteiger partial charge in [0, 0.05) is 7.05 Å². The first kappa shape index (κ1) is 6.07. The molecule has 0 saturated carbocycles. The smallest absolute Gasteiger partial charge is 0.261 e. The molecule has 0 atom stereocenters. The maximum Gasteiger partial charge on any atom is 0.261 e. The Morgan fingerprint density at radius 2 is 2.22 bits per heavy atom. The van der Waals surface area contributed by atoms with Gasteiger partial charge in [-0.1, -0.05) is 0 Å². The van der Waals surface area contributed by atoms with E-state index in [1.165, 1.54) is 4.90 Å². The number of carbonyl (C=O) groups excluding carboxylic acids is 2. The number of hydrogen-bond donors (Lipinski definition) is 0. The van der Waals surface area contributed by atoms with Gasteiger partial charge in [-0.3, -0.25) is 9.59 Å². The van der Waals surface area contributed by atoms with E-state index in [2.05, 4.69) is 5.32 Å². The number of amides is 2. The quantitative estimate of drug-likeness (QED) is 0.401. The fraction of sp³-hybridized carbons (Fsp3) is 0.600. The number of piperazine rings is 1. The van der Waals surface area contributed by atoms with E-state index in [4.69, 9.17) is 0 Å². The molecule has 0 aliphatic carbocycles. The molecule has 0 aromatic rings. The van der Waals surface area contributed by atoms with Crippen LogP contribution in [-0.4, -0.2) is 36.9 Å². The average Bonchev–Trinajstić information content (AvgIpc) is 1.80. The van der Waals surface area contributed by atoms with Gasteiger partial charge >= 0.3 is 0 Å². The van der Waals surface area contributed by atoms with Crippen molar-refractivity contribution in [2.45, 2.75) is 0 Å². The van der Waals surface area contributed by atoms with Crippen LogP contribution in [0.15, 0.2) is 0 Å². The summed E-state index contributed by atoms with van der Waals surface area (Å²) in [5.41, 5.74) is 0. The lowest BCUT2D eigenvalue weighted by molar-refractivity contribution is -0.139. The lowest BCUT2D eigenvalue weighted by Crippen LogP contribution is -2.46. The third kappa shape index (κ3) is 1.19. The summed E-state index contributed by atoms with van der Waals surface area (Å²) >= 11 is 0. The van der Waals surface area contributed by atoms with Crippen molar-refractivity contribution >= 4 is 11.8 Å². The molecule has 1 radical (unpaired) electrons. The third-order valence-electron chi connectivity index (χ3n) is 1.19. The molecule has 2 amide bonds. The van der Waals surface area contributed by atoms with Gasteiger partial charge in [0.15, 0.2) is 0 Å². The highest BCUT2D eigenvalue weighted by Gasteiger charge is 2.20. The molecule has 49 valence electrons. The Labute approximate surface area is 52.8 Å². The van der Waals surface area contributed by atoms with Crippen molar-refractivity contribution < 1.29 is 9.59 Å². The first-order valence-electron chi connectivity index (χ1n) is 2.64. The molecular weight excluding hydrogens is 120 g/mol. The summed E-state index contributed by atoms with van der Waals surface area (Å²) < 4.78 is 0. The largest absolute Gasteiger partial charge is 0.335 e. The van der Waals surface area contributed by atoms with E-state index < -0.39 is 0 Å². The van der Waals surface area contributed by atoms with Gasteiger partial charge in [-0.15, -0.1) is 0 Å². The molecule has 4 heteroatoms. The van der Waals surface area contributed by atoms with Crippen LogP contribution in [0, 0.1) is 0 Å². The Bertz CT molecular complexity index is 155. The summed E-state index contributed by atoms with van der Waals surface area (Å²) in [7, 11) is 1.59.